The molecule has 0 aliphatic carbocycles. The van der Waals surface area contributed by atoms with Crippen LogP contribution in [0.3, 0.4) is 0 Å². The van der Waals surface area contributed by atoms with Crippen molar-refractivity contribution in [1.29, 1.82) is 0 Å². The van der Waals surface area contributed by atoms with Crippen molar-refractivity contribution in [2.75, 3.05) is 0 Å². The largest absolute Gasteiger partial charge is 0.508 e. The highest BCUT2D eigenvalue weighted by atomic mass is 32.2. The molecular weight excluding hydrogens is 508 g/mol. The molecule has 1 aromatic heterocycles. The number of hydrogen-bond acceptors (Lipinski definition) is 6. The van der Waals surface area contributed by atoms with Gasteiger partial charge in [0.05, 0.1) is 32.2 Å². The quantitative estimate of drug-likeness (QED) is 0.243. The van der Waals surface area contributed by atoms with Gasteiger partial charge in [0.15, 0.2) is 0 Å². The van der Waals surface area contributed by atoms with E-state index < -0.39 is 9.84 Å². The summed E-state index contributed by atoms with van der Waals surface area (Å²) in [5.74, 6) is 1.11. The van der Waals surface area contributed by atoms with Crippen LogP contribution < -0.4 is 4.74 Å². The zero-order valence-electron chi connectivity index (χ0n) is 20.6. The molecule has 0 unspecified atom stereocenters. The Labute approximate surface area is 225 Å². The molecule has 1 heterocycles. The molecule has 6 aromatic rings. The molecule has 0 radical (unpaired) electrons. The molecular formula is C32H22N2O4S. The van der Waals surface area contributed by atoms with Crippen molar-refractivity contribution in [3.8, 4) is 39.8 Å². The summed E-state index contributed by atoms with van der Waals surface area (Å²) in [7, 11) is -3.70. The van der Waals surface area contributed by atoms with Crippen molar-refractivity contribution in [3.63, 3.8) is 0 Å². The molecule has 0 saturated heterocycles. The predicted molar refractivity (Wildman–Crippen MR) is 150 cm³/mol. The first-order chi connectivity index (χ1) is 19.0. The Morgan fingerprint density at radius 1 is 0.513 bits per heavy atom. The van der Waals surface area contributed by atoms with Crippen LogP contribution in [-0.2, 0) is 9.84 Å². The Morgan fingerprint density at radius 2 is 0.949 bits per heavy atom. The summed E-state index contributed by atoms with van der Waals surface area (Å²) in [4.78, 5) is 10.1. The number of fused-ring (bicyclic) bond motifs is 1. The maximum Gasteiger partial charge on any atom is 0.206 e. The Kier molecular flexibility index (Phi) is 6.26. The first kappa shape index (κ1) is 24.3. The van der Waals surface area contributed by atoms with Gasteiger partial charge in [-0.15, -0.1) is 0 Å². The summed E-state index contributed by atoms with van der Waals surface area (Å²) in [6.45, 7) is 0. The Bertz CT molecular complexity index is 1870. The lowest BCUT2D eigenvalue weighted by atomic mass is 10.0. The molecule has 6 rings (SSSR count). The first-order valence-electron chi connectivity index (χ1n) is 12.2. The van der Waals surface area contributed by atoms with E-state index in [1.165, 1.54) is 36.4 Å². The van der Waals surface area contributed by atoms with Gasteiger partial charge in [0, 0.05) is 11.1 Å². The average molecular weight is 531 g/mol. The summed E-state index contributed by atoms with van der Waals surface area (Å²) >= 11 is 0. The van der Waals surface area contributed by atoms with E-state index in [0.29, 0.717) is 11.5 Å². The molecule has 6 nitrogen and oxygen atoms in total. The van der Waals surface area contributed by atoms with Gasteiger partial charge in [0.25, 0.3) is 0 Å². The van der Waals surface area contributed by atoms with Crippen LogP contribution in [0.25, 0.3) is 33.5 Å². The lowest BCUT2D eigenvalue weighted by Crippen LogP contribution is -2.01. The highest BCUT2D eigenvalue weighted by molar-refractivity contribution is 7.91. The second-order valence-corrected chi connectivity index (χ2v) is 10.8. The fourth-order valence-corrected chi connectivity index (χ4v) is 5.52. The van der Waals surface area contributed by atoms with E-state index in [4.69, 9.17) is 14.7 Å². The van der Waals surface area contributed by atoms with Crippen LogP contribution in [0.2, 0.25) is 0 Å². The van der Waals surface area contributed by atoms with E-state index in [9.17, 15) is 13.5 Å². The summed E-state index contributed by atoms with van der Waals surface area (Å²) in [6.07, 6.45) is 0. The topological polar surface area (TPSA) is 89.4 Å². The smallest absolute Gasteiger partial charge is 0.206 e. The highest BCUT2D eigenvalue weighted by Crippen LogP contribution is 2.33. The zero-order valence-corrected chi connectivity index (χ0v) is 21.4. The van der Waals surface area contributed by atoms with Crippen LogP contribution in [0.15, 0.2) is 137 Å². The van der Waals surface area contributed by atoms with E-state index in [1.54, 1.807) is 12.1 Å². The lowest BCUT2D eigenvalue weighted by Gasteiger charge is -2.12. The third kappa shape index (κ3) is 4.95. The van der Waals surface area contributed by atoms with Gasteiger partial charge in [0.2, 0.25) is 9.84 Å². The predicted octanol–water partition coefficient (Wildman–Crippen LogP) is 7.29. The molecule has 39 heavy (non-hydrogen) atoms. The molecule has 7 heteroatoms. The number of phenolic OH excluding ortho intramolecular Hbond substituents is 1. The molecule has 0 amide bonds. The van der Waals surface area contributed by atoms with Crippen LogP contribution in [0, 0.1) is 0 Å². The molecule has 0 aliphatic heterocycles. The number of para-hydroxylation sites is 2. The molecule has 5 aromatic carbocycles. The minimum absolute atomic E-state index is 0.00710. The summed E-state index contributed by atoms with van der Waals surface area (Å²) in [5, 5.41) is 9.44. The normalized spacial score (nSPS) is 11.4. The summed E-state index contributed by atoms with van der Waals surface area (Å²) < 4.78 is 31.7. The third-order valence-corrected chi connectivity index (χ3v) is 8.05. The molecule has 0 atom stereocenters. The fourth-order valence-electron chi connectivity index (χ4n) is 4.26. The summed E-state index contributed by atoms with van der Waals surface area (Å²) in [6, 6.07) is 37.0. The van der Waals surface area contributed by atoms with Crippen LogP contribution in [0.1, 0.15) is 0 Å². The van der Waals surface area contributed by atoms with Gasteiger partial charge < -0.3 is 9.84 Å². The number of sulfone groups is 1. The van der Waals surface area contributed by atoms with E-state index in [-0.39, 0.29) is 15.5 Å². The van der Waals surface area contributed by atoms with Crippen molar-refractivity contribution < 1.29 is 18.3 Å². The van der Waals surface area contributed by atoms with Crippen molar-refractivity contribution in [3.05, 3.63) is 127 Å². The van der Waals surface area contributed by atoms with Crippen molar-refractivity contribution in [1.82, 2.24) is 9.97 Å². The molecule has 0 spiro atoms. The van der Waals surface area contributed by atoms with E-state index >= 15 is 0 Å². The highest BCUT2D eigenvalue weighted by Gasteiger charge is 2.18. The van der Waals surface area contributed by atoms with Crippen molar-refractivity contribution in [2.24, 2.45) is 0 Å². The van der Waals surface area contributed by atoms with E-state index in [1.807, 2.05) is 78.9 Å². The molecule has 0 aliphatic rings. The number of benzene rings is 5. The van der Waals surface area contributed by atoms with Gasteiger partial charge in [-0.3, -0.25) is 0 Å². The number of nitrogens with zero attached hydrogens (tertiary/aromatic N) is 2. The Hall–Kier alpha value is -5.01. The van der Waals surface area contributed by atoms with Crippen LogP contribution in [-0.4, -0.2) is 23.5 Å². The van der Waals surface area contributed by atoms with Crippen molar-refractivity contribution in [2.45, 2.75) is 9.79 Å². The third-order valence-electron chi connectivity index (χ3n) is 6.26. The zero-order chi connectivity index (χ0) is 26.8. The molecule has 1 N–H and O–H groups in total. The van der Waals surface area contributed by atoms with Gasteiger partial charge in [-0.25, -0.2) is 18.4 Å². The molecule has 0 bridgehead atoms. The van der Waals surface area contributed by atoms with Crippen LogP contribution in [0.5, 0.6) is 17.2 Å². The molecule has 190 valence electrons. The second kappa shape index (κ2) is 10.0. The van der Waals surface area contributed by atoms with E-state index in [0.717, 1.165) is 33.5 Å². The fraction of sp³-hybridized carbons (Fsp3) is 0. The first-order valence-corrected chi connectivity index (χ1v) is 13.7. The number of aromatic hydroxyl groups is 1. The monoisotopic (exact) mass is 530 g/mol. The van der Waals surface area contributed by atoms with Crippen molar-refractivity contribution >= 4 is 20.9 Å². The van der Waals surface area contributed by atoms with E-state index in [2.05, 4.69) is 0 Å². The molecule has 0 saturated carbocycles. The number of phenols is 1. The van der Waals surface area contributed by atoms with Gasteiger partial charge in [0.1, 0.15) is 17.2 Å². The van der Waals surface area contributed by atoms with Gasteiger partial charge in [-0.05, 0) is 84.9 Å². The average Bonchev–Trinajstić information content (AvgIpc) is 2.98. The Balaban J connectivity index is 1.27. The SMILES string of the molecule is O=S(=O)(c1ccc(O)cc1)c1ccc(Oc2ccc(-c3nc4ccccc4nc3-c3ccccc3)cc2)cc1. The van der Waals surface area contributed by atoms with Gasteiger partial charge >= 0.3 is 0 Å². The standard InChI is InChI=1S/C32H22N2O4S/c35-24-12-18-27(19-13-24)39(36,37)28-20-16-26(17-21-28)38-25-14-10-23(11-15-25)32-31(22-6-2-1-3-7-22)33-29-8-4-5-9-30(29)34-32/h1-21,35H. The minimum Gasteiger partial charge on any atom is -0.508 e. The number of aromatic nitrogens is 2. The lowest BCUT2D eigenvalue weighted by molar-refractivity contribution is 0.475. The number of ether oxygens (including phenoxy) is 1. The Morgan fingerprint density at radius 3 is 1.49 bits per heavy atom. The van der Waals surface area contributed by atoms with Crippen LogP contribution in [0.4, 0.5) is 0 Å². The van der Waals surface area contributed by atoms with Gasteiger partial charge in [-0.1, -0.05) is 42.5 Å². The number of hydrogen-bond donors (Lipinski definition) is 1. The summed E-state index contributed by atoms with van der Waals surface area (Å²) in [5.41, 5.74) is 5.10. The second-order valence-electron chi connectivity index (χ2n) is 8.87. The number of rotatable bonds is 6. The maximum atomic E-state index is 12.9. The maximum absolute atomic E-state index is 12.9. The van der Waals surface area contributed by atoms with Gasteiger partial charge in [-0.2, -0.15) is 0 Å². The minimum atomic E-state index is -3.70. The van der Waals surface area contributed by atoms with Crippen LogP contribution >= 0.6 is 0 Å². The molecule has 0 fully saturated rings.